The minimum absolute atomic E-state index is 0.0161. The Labute approximate surface area is 91.6 Å². The van der Waals surface area contributed by atoms with Gasteiger partial charge >= 0.3 is 6.09 Å². The molecule has 0 aromatic carbocycles. The van der Waals surface area contributed by atoms with E-state index in [1.165, 1.54) is 12.3 Å². The predicted molar refractivity (Wildman–Crippen MR) is 54.3 cm³/mol. The van der Waals surface area contributed by atoms with Gasteiger partial charge in [0.05, 0.1) is 6.26 Å². The summed E-state index contributed by atoms with van der Waals surface area (Å²) >= 11 is 0. The molecule has 1 heterocycles. The monoisotopic (exact) mass is 225 g/mol. The Hall–Kier alpha value is -2.24. The van der Waals surface area contributed by atoms with Gasteiger partial charge in [0.2, 0.25) is 0 Å². The minimum Gasteiger partial charge on any atom is -0.461 e. The first-order valence-corrected chi connectivity index (χ1v) is 4.44. The predicted octanol–water partition coefficient (Wildman–Crippen LogP) is 1.12. The van der Waals surface area contributed by atoms with Crippen LogP contribution in [-0.4, -0.2) is 25.1 Å². The summed E-state index contributed by atoms with van der Waals surface area (Å²) < 4.78 is 14.4. The maximum atomic E-state index is 11.3. The van der Waals surface area contributed by atoms with Crippen molar-refractivity contribution in [3.05, 3.63) is 30.5 Å². The van der Waals surface area contributed by atoms with Gasteiger partial charge in [-0.15, -0.1) is 0 Å². The van der Waals surface area contributed by atoms with Crippen molar-refractivity contribution in [3.63, 3.8) is 0 Å². The van der Waals surface area contributed by atoms with Gasteiger partial charge in [0.25, 0.3) is 5.95 Å². The van der Waals surface area contributed by atoms with E-state index in [1.54, 1.807) is 0 Å². The largest absolute Gasteiger partial charge is 0.461 e. The third-order valence-electron chi connectivity index (χ3n) is 1.64. The number of hydrogen-bond acceptors (Lipinski definition) is 5. The Morgan fingerprint density at radius 3 is 2.88 bits per heavy atom. The number of ketones is 1. The number of carbonyl (C=O) groups excluding carboxylic acids is 2. The highest BCUT2D eigenvalue weighted by Crippen LogP contribution is 2.20. The van der Waals surface area contributed by atoms with Crippen LogP contribution in [0.4, 0.5) is 4.79 Å². The molecule has 86 valence electrons. The Balaban J connectivity index is 2.48. The normalized spacial score (nSPS) is 9.50. The summed E-state index contributed by atoms with van der Waals surface area (Å²) in [5.74, 6) is -0.238. The lowest BCUT2D eigenvalue weighted by atomic mass is 10.2. The second-order valence-electron chi connectivity index (χ2n) is 2.71. The highest BCUT2D eigenvalue weighted by molar-refractivity contribution is 6.05. The van der Waals surface area contributed by atoms with E-state index < -0.39 is 6.09 Å². The molecule has 1 amide bonds. The lowest BCUT2D eigenvalue weighted by Gasteiger charge is -2.03. The number of furan rings is 1. The fraction of sp³-hybridized carbons (Fsp3) is 0.200. The van der Waals surface area contributed by atoms with Crippen molar-refractivity contribution in [1.29, 1.82) is 0 Å². The van der Waals surface area contributed by atoms with Crippen LogP contribution in [0.1, 0.15) is 10.4 Å². The second-order valence-corrected chi connectivity index (χ2v) is 2.71. The molecule has 6 heteroatoms. The summed E-state index contributed by atoms with van der Waals surface area (Å²) in [6.45, 7) is 3.38. The minimum atomic E-state index is -0.884. The Kier molecular flexibility index (Phi) is 4.14. The number of ether oxygens (including phenoxy) is 2. The molecule has 1 aromatic rings. The summed E-state index contributed by atoms with van der Waals surface area (Å²) in [7, 11) is 0. The van der Waals surface area contributed by atoms with E-state index in [9.17, 15) is 9.59 Å². The molecule has 0 fully saturated rings. The molecule has 0 aliphatic rings. The third kappa shape index (κ3) is 3.16. The molecule has 0 saturated heterocycles. The van der Waals surface area contributed by atoms with Gasteiger partial charge in [0.15, 0.2) is 5.78 Å². The van der Waals surface area contributed by atoms with E-state index in [4.69, 9.17) is 14.9 Å². The Morgan fingerprint density at radius 1 is 1.50 bits per heavy atom. The van der Waals surface area contributed by atoms with Crippen molar-refractivity contribution in [1.82, 2.24) is 0 Å². The zero-order valence-corrected chi connectivity index (χ0v) is 8.47. The lowest BCUT2D eigenvalue weighted by Crippen LogP contribution is -2.17. The molecule has 1 aromatic heterocycles. The second kappa shape index (κ2) is 5.59. The van der Waals surface area contributed by atoms with Gasteiger partial charge in [-0.05, 0) is 12.1 Å². The van der Waals surface area contributed by atoms with Gasteiger partial charge < -0.3 is 19.6 Å². The van der Waals surface area contributed by atoms with Crippen LogP contribution in [0.3, 0.4) is 0 Å². The van der Waals surface area contributed by atoms with Gasteiger partial charge in [-0.3, -0.25) is 4.79 Å². The van der Waals surface area contributed by atoms with Crippen LogP contribution in [-0.2, 0) is 4.74 Å². The van der Waals surface area contributed by atoms with Crippen molar-refractivity contribution < 1.29 is 23.5 Å². The number of amides is 1. The molecule has 0 saturated carbocycles. The zero-order chi connectivity index (χ0) is 12.0. The molecule has 6 nitrogen and oxygen atoms in total. The lowest BCUT2D eigenvalue weighted by molar-refractivity contribution is 0.102. The molecular formula is C10H11NO5. The Morgan fingerprint density at radius 2 is 2.25 bits per heavy atom. The molecule has 0 spiro atoms. The molecular weight excluding hydrogens is 214 g/mol. The third-order valence-corrected chi connectivity index (χ3v) is 1.64. The summed E-state index contributed by atoms with van der Waals surface area (Å²) in [6, 6.07) is 1.47. The van der Waals surface area contributed by atoms with Gasteiger partial charge in [0.1, 0.15) is 18.8 Å². The fourth-order valence-electron chi connectivity index (χ4n) is 0.976. The van der Waals surface area contributed by atoms with E-state index in [2.05, 4.69) is 11.3 Å². The number of carbonyl (C=O) groups is 2. The maximum absolute atomic E-state index is 11.3. The quantitative estimate of drug-likeness (QED) is 0.445. The summed E-state index contributed by atoms with van der Waals surface area (Å²) in [5.41, 5.74) is 5.02. The van der Waals surface area contributed by atoms with Gasteiger partial charge in [-0.1, -0.05) is 6.58 Å². The van der Waals surface area contributed by atoms with Crippen LogP contribution in [0, 0.1) is 0 Å². The van der Waals surface area contributed by atoms with Crippen LogP contribution in [0.5, 0.6) is 5.95 Å². The zero-order valence-electron chi connectivity index (χ0n) is 8.47. The fourth-order valence-corrected chi connectivity index (χ4v) is 0.976. The average molecular weight is 225 g/mol. The number of hydrogen-bond donors (Lipinski definition) is 1. The molecule has 0 aliphatic heterocycles. The van der Waals surface area contributed by atoms with E-state index in [0.29, 0.717) is 0 Å². The van der Waals surface area contributed by atoms with Crippen molar-refractivity contribution in [2.45, 2.75) is 0 Å². The van der Waals surface area contributed by atoms with Crippen molar-refractivity contribution >= 4 is 11.9 Å². The van der Waals surface area contributed by atoms with Gasteiger partial charge in [-0.25, -0.2) is 4.79 Å². The molecule has 0 bridgehead atoms. The smallest absolute Gasteiger partial charge is 0.404 e. The van der Waals surface area contributed by atoms with Crippen molar-refractivity contribution in [2.75, 3.05) is 13.2 Å². The Bertz CT molecular complexity index is 396. The topological polar surface area (TPSA) is 91.8 Å². The average Bonchev–Trinajstić information content (AvgIpc) is 2.71. The van der Waals surface area contributed by atoms with E-state index >= 15 is 0 Å². The van der Waals surface area contributed by atoms with Gasteiger partial charge in [0, 0.05) is 0 Å². The standard InChI is InChI=1S/C10H11NO5/c1-2-8(12)7-3-4-14-9(7)15-5-6-16-10(11)13/h2-4H,1,5-6H2,(H2,11,13). The van der Waals surface area contributed by atoms with Crippen LogP contribution < -0.4 is 10.5 Å². The SMILES string of the molecule is C=CC(=O)c1ccoc1OCCOC(N)=O. The van der Waals surface area contributed by atoms with Crippen LogP contribution >= 0.6 is 0 Å². The van der Waals surface area contributed by atoms with Crippen LogP contribution in [0.15, 0.2) is 29.4 Å². The van der Waals surface area contributed by atoms with E-state index in [1.807, 2.05) is 0 Å². The molecule has 0 radical (unpaired) electrons. The van der Waals surface area contributed by atoms with Crippen LogP contribution in [0.25, 0.3) is 0 Å². The summed E-state index contributed by atoms with van der Waals surface area (Å²) in [5, 5.41) is 0. The molecule has 0 unspecified atom stereocenters. The molecule has 16 heavy (non-hydrogen) atoms. The highest BCUT2D eigenvalue weighted by Gasteiger charge is 2.13. The number of rotatable bonds is 6. The molecule has 2 N–H and O–H groups in total. The summed E-state index contributed by atoms with van der Waals surface area (Å²) in [6.07, 6.45) is 1.59. The maximum Gasteiger partial charge on any atom is 0.404 e. The van der Waals surface area contributed by atoms with Crippen molar-refractivity contribution in [2.24, 2.45) is 5.73 Å². The highest BCUT2D eigenvalue weighted by atomic mass is 16.6. The van der Waals surface area contributed by atoms with Crippen molar-refractivity contribution in [3.8, 4) is 5.95 Å². The first-order valence-electron chi connectivity index (χ1n) is 4.44. The molecule has 0 aliphatic carbocycles. The first-order chi connectivity index (χ1) is 7.65. The van der Waals surface area contributed by atoms with E-state index in [-0.39, 0.29) is 30.5 Å². The molecule has 0 atom stereocenters. The molecule has 1 rings (SSSR count). The van der Waals surface area contributed by atoms with Gasteiger partial charge in [-0.2, -0.15) is 0 Å². The number of primary amides is 1. The van der Waals surface area contributed by atoms with E-state index in [0.717, 1.165) is 6.08 Å². The van der Waals surface area contributed by atoms with Crippen LogP contribution in [0.2, 0.25) is 0 Å². The summed E-state index contributed by atoms with van der Waals surface area (Å²) in [4.78, 5) is 21.5. The number of allylic oxidation sites excluding steroid dienone is 1. The number of nitrogens with two attached hydrogens (primary N) is 1. The first kappa shape index (κ1) is 11.8.